The lowest BCUT2D eigenvalue weighted by Gasteiger charge is -2.40. The van der Waals surface area contributed by atoms with Crippen LogP contribution in [0.15, 0.2) is 59.1 Å². The monoisotopic (exact) mass is 558 g/mol. The first-order chi connectivity index (χ1) is 19.0. The van der Waals surface area contributed by atoms with Gasteiger partial charge >= 0.3 is 6.18 Å². The van der Waals surface area contributed by atoms with Crippen molar-refractivity contribution < 1.29 is 32.2 Å². The second-order valence-corrected chi connectivity index (χ2v) is 10.6. The summed E-state index contributed by atoms with van der Waals surface area (Å²) in [5.41, 5.74) is -1.59. The van der Waals surface area contributed by atoms with Crippen LogP contribution in [0.25, 0.3) is 0 Å². The van der Waals surface area contributed by atoms with Crippen LogP contribution in [-0.2, 0) is 26.1 Å². The van der Waals surface area contributed by atoms with Crippen molar-refractivity contribution in [1.82, 2.24) is 20.5 Å². The third-order valence-corrected chi connectivity index (χ3v) is 7.23. The molecule has 0 spiro atoms. The summed E-state index contributed by atoms with van der Waals surface area (Å²) in [7, 11) is 0. The van der Waals surface area contributed by atoms with Crippen molar-refractivity contribution in [3.05, 3.63) is 65.2 Å². The Balaban J connectivity index is 1.23. The maximum absolute atomic E-state index is 13.8. The van der Waals surface area contributed by atoms with E-state index in [1.807, 2.05) is 13.8 Å². The first-order valence-electron chi connectivity index (χ1n) is 13.0. The summed E-state index contributed by atoms with van der Waals surface area (Å²) < 4.78 is 57.7. The highest BCUT2D eigenvalue weighted by Crippen LogP contribution is 2.36. The van der Waals surface area contributed by atoms with Crippen molar-refractivity contribution >= 4 is 17.8 Å². The SMILES string of the molecule is CC1(C)OC[C@@H](COc2ccc(NC(=O)C3(c4cccc(C(F)(F)F)c4)N=CC4=C(N[C@H]5CCN4C5)N3)cn2)O1. The topological polar surface area (TPSA) is 109 Å². The number of nitrogens with zero attached hydrogens (tertiary/aromatic N) is 3. The van der Waals surface area contributed by atoms with Crippen molar-refractivity contribution in [2.45, 2.75) is 50.0 Å². The van der Waals surface area contributed by atoms with Gasteiger partial charge in [0.25, 0.3) is 5.91 Å². The number of nitrogens with one attached hydrogen (secondary N) is 3. The number of pyridine rings is 1. The van der Waals surface area contributed by atoms with Gasteiger partial charge in [-0.1, -0.05) is 12.1 Å². The molecule has 5 heterocycles. The van der Waals surface area contributed by atoms with Gasteiger partial charge in [-0.05, 0) is 38.5 Å². The van der Waals surface area contributed by atoms with E-state index in [2.05, 4.69) is 30.8 Å². The summed E-state index contributed by atoms with van der Waals surface area (Å²) in [6.45, 7) is 5.91. The molecule has 2 aromatic rings. The minimum absolute atomic E-state index is 0.0481. The number of ether oxygens (including phenoxy) is 3. The fourth-order valence-corrected chi connectivity index (χ4v) is 5.25. The summed E-state index contributed by atoms with van der Waals surface area (Å²) in [5.74, 6) is -0.460. The molecule has 1 unspecified atom stereocenters. The molecule has 40 heavy (non-hydrogen) atoms. The standard InChI is InChI=1S/C27H29F3N6O4/c1-25(2)39-15-20(40-25)14-38-22-7-6-18(11-31-22)34-24(37)26(16-4-3-5-17(10-16)27(28,29)30)32-12-21-23(35-26)33-19-8-9-36(21)13-19/h3-7,10-12,19-20,33,35H,8-9,13-15H2,1-2H3,(H,34,37)/t19-,20+,26?/m0/s1. The fourth-order valence-electron chi connectivity index (χ4n) is 5.25. The van der Waals surface area contributed by atoms with Gasteiger partial charge in [0.2, 0.25) is 11.5 Å². The molecule has 4 aliphatic heterocycles. The van der Waals surface area contributed by atoms with E-state index in [0.29, 0.717) is 24.0 Å². The molecule has 3 N–H and O–H groups in total. The third kappa shape index (κ3) is 5.06. The molecule has 0 aliphatic carbocycles. The van der Waals surface area contributed by atoms with E-state index < -0.39 is 29.1 Å². The number of halogens is 3. The molecule has 4 aliphatic rings. The number of fused-ring (bicyclic) bond motifs is 3. The Morgan fingerprint density at radius 1 is 1.27 bits per heavy atom. The molecule has 2 fully saturated rings. The molecule has 0 radical (unpaired) electrons. The predicted molar refractivity (Wildman–Crippen MR) is 138 cm³/mol. The number of carbonyl (C=O) groups excluding carboxylic acids is 1. The quantitative estimate of drug-likeness (QED) is 0.497. The second kappa shape index (κ2) is 9.66. The largest absolute Gasteiger partial charge is 0.475 e. The van der Waals surface area contributed by atoms with Gasteiger partial charge in [-0.3, -0.25) is 4.79 Å². The highest BCUT2D eigenvalue weighted by Gasteiger charge is 2.47. The van der Waals surface area contributed by atoms with Crippen molar-refractivity contribution in [1.29, 1.82) is 0 Å². The van der Waals surface area contributed by atoms with Gasteiger partial charge in [0.1, 0.15) is 18.5 Å². The normalized spacial score (nSPS) is 26.7. The number of benzene rings is 1. The number of amides is 1. The highest BCUT2D eigenvalue weighted by molar-refractivity contribution is 6.01. The number of hydrogen-bond donors (Lipinski definition) is 3. The number of anilines is 1. The Kier molecular flexibility index (Phi) is 6.37. The zero-order valence-corrected chi connectivity index (χ0v) is 21.9. The molecule has 2 saturated heterocycles. The smallest absolute Gasteiger partial charge is 0.416 e. The van der Waals surface area contributed by atoms with E-state index in [1.54, 1.807) is 18.3 Å². The number of hydrogen-bond acceptors (Lipinski definition) is 9. The zero-order valence-electron chi connectivity index (χ0n) is 21.9. The molecule has 1 aromatic heterocycles. The van der Waals surface area contributed by atoms with Crippen LogP contribution in [0, 0.1) is 0 Å². The van der Waals surface area contributed by atoms with Crippen LogP contribution in [0.5, 0.6) is 5.88 Å². The van der Waals surface area contributed by atoms with Gasteiger partial charge < -0.3 is 35.1 Å². The number of carbonyl (C=O) groups is 1. The summed E-state index contributed by atoms with van der Waals surface area (Å²) in [4.78, 5) is 24.7. The second-order valence-electron chi connectivity index (χ2n) is 10.6. The van der Waals surface area contributed by atoms with E-state index >= 15 is 0 Å². The van der Waals surface area contributed by atoms with E-state index in [9.17, 15) is 18.0 Å². The number of allylic oxidation sites excluding steroid dienone is 1. The number of rotatable bonds is 6. The molecule has 0 saturated carbocycles. The van der Waals surface area contributed by atoms with Gasteiger partial charge in [0, 0.05) is 30.8 Å². The Labute approximate surface area is 228 Å². The molecule has 6 rings (SSSR count). The molecule has 13 heteroatoms. The summed E-state index contributed by atoms with van der Waals surface area (Å²) >= 11 is 0. The molecular weight excluding hydrogens is 529 g/mol. The lowest BCUT2D eigenvalue weighted by atomic mass is 9.95. The third-order valence-electron chi connectivity index (χ3n) is 7.23. The minimum Gasteiger partial charge on any atom is -0.475 e. The average molecular weight is 559 g/mol. The van der Waals surface area contributed by atoms with Gasteiger partial charge in [-0.15, -0.1) is 0 Å². The molecule has 3 atom stereocenters. The van der Waals surface area contributed by atoms with Gasteiger partial charge in [-0.25, -0.2) is 9.98 Å². The van der Waals surface area contributed by atoms with Crippen molar-refractivity contribution in [2.24, 2.45) is 4.99 Å². The zero-order chi connectivity index (χ0) is 28.1. The van der Waals surface area contributed by atoms with Crippen molar-refractivity contribution in [3.8, 4) is 5.88 Å². The van der Waals surface area contributed by atoms with Crippen LogP contribution in [0.2, 0.25) is 0 Å². The number of alkyl halides is 3. The van der Waals surface area contributed by atoms with E-state index in [4.69, 9.17) is 14.2 Å². The molecule has 1 amide bonds. The molecular formula is C27H29F3N6O4. The minimum atomic E-state index is -4.59. The van der Waals surface area contributed by atoms with Gasteiger partial charge in [-0.2, -0.15) is 13.2 Å². The van der Waals surface area contributed by atoms with Crippen LogP contribution < -0.4 is 20.7 Å². The predicted octanol–water partition coefficient (Wildman–Crippen LogP) is 2.94. The lowest BCUT2D eigenvalue weighted by Crippen LogP contribution is -2.57. The van der Waals surface area contributed by atoms with Crippen molar-refractivity contribution in [2.75, 3.05) is 31.6 Å². The maximum Gasteiger partial charge on any atom is 0.416 e. The molecule has 1 aromatic carbocycles. The Morgan fingerprint density at radius 2 is 2.12 bits per heavy atom. The molecule has 10 nitrogen and oxygen atoms in total. The van der Waals surface area contributed by atoms with E-state index in [0.717, 1.165) is 37.3 Å². The highest BCUT2D eigenvalue weighted by atomic mass is 19.4. The summed E-state index contributed by atoms with van der Waals surface area (Å²) in [6.07, 6.45) is -0.965. The fraction of sp³-hybridized carbons (Fsp3) is 0.444. The number of aliphatic imine (C=N–C) groups is 1. The van der Waals surface area contributed by atoms with Gasteiger partial charge in [0.15, 0.2) is 5.79 Å². The van der Waals surface area contributed by atoms with E-state index in [-0.39, 0.29) is 24.3 Å². The average Bonchev–Trinajstić information content (AvgIpc) is 3.49. The Morgan fingerprint density at radius 3 is 2.85 bits per heavy atom. The summed E-state index contributed by atoms with van der Waals surface area (Å²) in [5, 5.41) is 9.26. The Hall–Kier alpha value is -3.84. The van der Waals surface area contributed by atoms with Crippen LogP contribution in [-0.4, -0.2) is 66.2 Å². The first kappa shape index (κ1) is 26.4. The van der Waals surface area contributed by atoms with Crippen molar-refractivity contribution in [3.63, 3.8) is 0 Å². The van der Waals surface area contributed by atoms with Crippen LogP contribution in [0.4, 0.5) is 18.9 Å². The summed E-state index contributed by atoms with van der Waals surface area (Å²) in [6, 6.07) is 7.97. The number of aromatic nitrogens is 1. The Bertz CT molecular complexity index is 1360. The molecule has 212 valence electrons. The maximum atomic E-state index is 13.8. The van der Waals surface area contributed by atoms with Crippen LogP contribution in [0.3, 0.4) is 0 Å². The molecule has 2 bridgehead atoms. The first-order valence-corrected chi connectivity index (χ1v) is 13.0. The van der Waals surface area contributed by atoms with E-state index in [1.165, 1.54) is 18.3 Å². The van der Waals surface area contributed by atoms with Gasteiger partial charge in [0.05, 0.1) is 36.0 Å². The van der Waals surface area contributed by atoms with Crippen LogP contribution in [0.1, 0.15) is 31.4 Å². The lowest BCUT2D eigenvalue weighted by molar-refractivity contribution is -0.141. The van der Waals surface area contributed by atoms with Crippen LogP contribution >= 0.6 is 0 Å².